The number of anilines is 1. The van der Waals surface area contributed by atoms with E-state index >= 15 is 0 Å². The van der Waals surface area contributed by atoms with Crippen molar-refractivity contribution in [2.24, 2.45) is 5.92 Å². The molecule has 1 N–H and O–H groups in total. The molecule has 2 heterocycles. The van der Waals surface area contributed by atoms with Gasteiger partial charge in [-0.1, -0.05) is 26.0 Å². The topological polar surface area (TPSA) is 71.1 Å². The number of para-hydroxylation sites is 2. The lowest BCUT2D eigenvalue weighted by atomic mass is 10.0. The molecule has 2 amide bonds. The van der Waals surface area contributed by atoms with E-state index in [0.29, 0.717) is 30.8 Å². The zero-order chi connectivity index (χ0) is 19.2. The van der Waals surface area contributed by atoms with Crippen LogP contribution in [0.2, 0.25) is 0 Å². The molecule has 3 rings (SSSR count). The van der Waals surface area contributed by atoms with Gasteiger partial charge in [-0.2, -0.15) is 0 Å². The van der Waals surface area contributed by atoms with Crippen LogP contribution in [0.25, 0.3) is 0 Å². The number of benzene rings is 1. The molecule has 1 saturated heterocycles. The Morgan fingerprint density at radius 1 is 1.22 bits per heavy atom. The van der Waals surface area contributed by atoms with Gasteiger partial charge in [0.15, 0.2) is 6.61 Å². The van der Waals surface area contributed by atoms with Crippen molar-refractivity contribution in [2.75, 3.05) is 50.9 Å². The van der Waals surface area contributed by atoms with E-state index in [0.717, 1.165) is 32.0 Å². The summed E-state index contributed by atoms with van der Waals surface area (Å²) in [6.07, 6.45) is 0.272. The third-order valence-corrected chi connectivity index (χ3v) is 5.16. The first kappa shape index (κ1) is 19.6. The van der Waals surface area contributed by atoms with Gasteiger partial charge in [-0.15, -0.1) is 0 Å². The molecule has 1 aromatic carbocycles. The quantitative estimate of drug-likeness (QED) is 0.777. The second-order valence-corrected chi connectivity index (χ2v) is 7.32. The Balaban J connectivity index is 1.51. The first-order chi connectivity index (χ1) is 13.1. The SMILES string of the molecule is CC(C)C(CNC(=O)CCN1C(=O)COc2ccccc21)N1CCOCC1. The lowest BCUT2D eigenvalue weighted by molar-refractivity contribution is -0.122. The molecular weight excluding hydrogens is 346 g/mol. The minimum Gasteiger partial charge on any atom is -0.482 e. The van der Waals surface area contributed by atoms with Crippen LogP contribution in [0, 0.1) is 5.92 Å². The summed E-state index contributed by atoms with van der Waals surface area (Å²) in [7, 11) is 0. The number of nitrogens with one attached hydrogen (secondary N) is 1. The van der Waals surface area contributed by atoms with Gasteiger partial charge in [-0.25, -0.2) is 0 Å². The molecule has 2 aliphatic heterocycles. The number of rotatable bonds is 7. The average Bonchev–Trinajstić information content (AvgIpc) is 2.68. The molecule has 2 aliphatic rings. The van der Waals surface area contributed by atoms with Crippen molar-refractivity contribution in [3.05, 3.63) is 24.3 Å². The summed E-state index contributed by atoms with van der Waals surface area (Å²) in [5, 5.41) is 3.05. The van der Waals surface area contributed by atoms with E-state index in [-0.39, 0.29) is 24.8 Å². The average molecular weight is 375 g/mol. The lowest BCUT2D eigenvalue weighted by Gasteiger charge is -2.37. The largest absolute Gasteiger partial charge is 0.482 e. The van der Waals surface area contributed by atoms with E-state index < -0.39 is 0 Å². The molecule has 7 heteroatoms. The molecule has 1 fully saturated rings. The standard InChI is InChI=1S/C20H29N3O4/c1-15(2)17(22-9-11-26-12-10-22)13-21-19(24)7-8-23-16-5-3-4-6-18(16)27-14-20(23)25/h3-6,15,17H,7-14H2,1-2H3,(H,21,24). The number of hydrogen-bond donors (Lipinski definition) is 1. The van der Waals surface area contributed by atoms with Crippen molar-refractivity contribution in [2.45, 2.75) is 26.3 Å². The van der Waals surface area contributed by atoms with Crippen molar-refractivity contribution < 1.29 is 19.1 Å². The molecule has 0 radical (unpaired) electrons. The monoisotopic (exact) mass is 375 g/mol. The summed E-state index contributed by atoms with van der Waals surface area (Å²) in [4.78, 5) is 28.6. The fourth-order valence-corrected chi connectivity index (χ4v) is 3.61. The highest BCUT2D eigenvalue weighted by molar-refractivity contribution is 5.98. The molecule has 0 spiro atoms. The van der Waals surface area contributed by atoms with Gasteiger partial charge < -0.3 is 19.7 Å². The molecule has 0 saturated carbocycles. The first-order valence-corrected chi connectivity index (χ1v) is 9.67. The van der Waals surface area contributed by atoms with Crippen molar-refractivity contribution in [1.29, 1.82) is 0 Å². The zero-order valence-corrected chi connectivity index (χ0v) is 16.1. The van der Waals surface area contributed by atoms with Crippen molar-refractivity contribution in [3.8, 4) is 5.75 Å². The molecule has 0 aromatic heterocycles. The second kappa shape index (κ2) is 9.19. The van der Waals surface area contributed by atoms with E-state index in [1.54, 1.807) is 4.90 Å². The smallest absolute Gasteiger partial charge is 0.265 e. The van der Waals surface area contributed by atoms with Crippen molar-refractivity contribution in [3.63, 3.8) is 0 Å². The van der Waals surface area contributed by atoms with Gasteiger partial charge in [-0.3, -0.25) is 14.5 Å². The number of ether oxygens (including phenoxy) is 2. The third kappa shape index (κ3) is 4.99. The van der Waals surface area contributed by atoms with Gasteiger partial charge in [0.05, 0.1) is 18.9 Å². The van der Waals surface area contributed by atoms with Gasteiger partial charge in [0.2, 0.25) is 5.91 Å². The van der Waals surface area contributed by atoms with E-state index in [4.69, 9.17) is 9.47 Å². The molecule has 1 atom stereocenters. The Bertz CT molecular complexity index is 658. The molecule has 7 nitrogen and oxygen atoms in total. The van der Waals surface area contributed by atoms with E-state index in [1.165, 1.54) is 0 Å². The molecule has 0 aliphatic carbocycles. The third-order valence-electron chi connectivity index (χ3n) is 5.16. The number of nitrogens with zero attached hydrogens (tertiary/aromatic N) is 2. The summed E-state index contributed by atoms with van der Waals surface area (Å²) in [5.41, 5.74) is 0.731. The highest BCUT2D eigenvalue weighted by Crippen LogP contribution is 2.31. The van der Waals surface area contributed by atoms with E-state index in [1.807, 2.05) is 24.3 Å². The fourth-order valence-electron chi connectivity index (χ4n) is 3.61. The fraction of sp³-hybridized carbons (Fsp3) is 0.600. The van der Waals surface area contributed by atoms with Gasteiger partial charge >= 0.3 is 0 Å². The Kier molecular flexibility index (Phi) is 6.68. The van der Waals surface area contributed by atoms with Crippen LogP contribution in [-0.4, -0.2) is 68.8 Å². The second-order valence-electron chi connectivity index (χ2n) is 7.32. The van der Waals surface area contributed by atoms with E-state index in [2.05, 4.69) is 24.1 Å². The normalized spacial score (nSPS) is 18.8. The summed E-state index contributed by atoms with van der Waals surface area (Å²) in [5.74, 6) is 0.973. The van der Waals surface area contributed by atoms with Gasteiger partial charge in [-0.05, 0) is 18.1 Å². The minimum absolute atomic E-state index is 0.0189. The molecular formula is C20H29N3O4. The molecule has 0 bridgehead atoms. The van der Waals surface area contributed by atoms with Crippen LogP contribution >= 0.6 is 0 Å². The molecule has 148 valence electrons. The number of amides is 2. The van der Waals surface area contributed by atoms with E-state index in [9.17, 15) is 9.59 Å². The van der Waals surface area contributed by atoms with Gasteiger partial charge in [0.25, 0.3) is 5.91 Å². The Hall–Kier alpha value is -2.12. The predicted octanol–water partition coefficient (Wildman–Crippen LogP) is 1.28. The predicted molar refractivity (Wildman–Crippen MR) is 103 cm³/mol. The van der Waals surface area contributed by atoms with Crippen LogP contribution in [-0.2, 0) is 14.3 Å². The maximum Gasteiger partial charge on any atom is 0.265 e. The molecule has 27 heavy (non-hydrogen) atoms. The van der Waals surface area contributed by atoms with Crippen LogP contribution < -0.4 is 15.0 Å². The Morgan fingerprint density at radius 2 is 1.96 bits per heavy atom. The maximum atomic E-state index is 12.4. The summed E-state index contributed by atoms with van der Waals surface area (Å²) in [6.45, 7) is 8.64. The van der Waals surface area contributed by atoms with Crippen LogP contribution in [0.4, 0.5) is 5.69 Å². The molecule has 1 unspecified atom stereocenters. The summed E-state index contributed by atoms with van der Waals surface area (Å²) < 4.78 is 10.9. The van der Waals surface area contributed by atoms with Gasteiger partial charge in [0, 0.05) is 38.6 Å². The Morgan fingerprint density at radius 3 is 2.70 bits per heavy atom. The summed E-state index contributed by atoms with van der Waals surface area (Å²) in [6, 6.07) is 7.71. The number of carbonyl (C=O) groups excluding carboxylic acids is 2. The highest BCUT2D eigenvalue weighted by atomic mass is 16.5. The van der Waals surface area contributed by atoms with Crippen LogP contribution in [0.5, 0.6) is 5.75 Å². The number of carbonyl (C=O) groups is 2. The molecule has 1 aromatic rings. The minimum atomic E-state index is -0.116. The first-order valence-electron chi connectivity index (χ1n) is 9.67. The number of fused-ring (bicyclic) bond motifs is 1. The van der Waals surface area contributed by atoms with Crippen molar-refractivity contribution >= 4 is 17.5 Å². The number of morpholine rings is 1. The lowest BCUT2D eigenvalue weighted by Crippen LogP contribution is -2.51. The highest BCUT2D eigenvalue weighted by Gasteiger charge is 2.26. The zero-order valence-electron chi connectivity index (χ0n) is 16.1. The van der Waals surface area contributed by atoms with Crippen LogP contribution in [0.15, 0.2) is 24.3 Å². The van der Waals surface area contributed by atoms with Crippen LogP contribution in [0.1, 0.15) is 20.3 Å². The Labute approximate surface area is 160 Å². The van der Waals surface area contributed by atoms with Crippen LogP contribution in [0.3, 0.4) is 0 Å². The number of hydrogen-bond acceptors (Lipinski definition) is 5. The van der Waals surface area contributed by atoms with Gasteiger partial charge in [0.1, 0.15) is 5.75 Å². The van der Waals surface area contributed by atoms with Crippen molar-refractivity contribution in [1.82, 2.24) is 10.2 Å². The summed E-state index contributed by atoms with van der Waals surface area (Å²) >= 11 is 0. The maximum absolute atomic E-state index is 12.4.